The topological polar surface area (TPSA) is 47.8 Å². The van der Waals surface area contributed by atoms with Crippen molar-refractivity contribution in [1.29, 1.82) is 0 Å². The van der Waals surface area contributed by atoms with Crippen LogP contribution in [-0.2, 0) is 12.7 Å². The molecule has 0 aliphatic carbocycles. The number of fused-ring (bicyclic) bond motifs is 1. The Bertz CT molecular complexity index is 1090. The predicted octanol–water partition coefficient (Wildman–Crippen LogP) is 4.89. The molecule has 1 atom stereocenters. The number of alkyl halides is 4. The molecule has 0 saturated carbocycles. The van der Waals surface area contributed by atoms with E-state index in [1.807, 2.05) is 0 Å². The minimum Gasteiger partial charge on any atom is -0.309 e. The molecule has 154 valence electrons. The smallest absolute Gasteiger partial charge is 0.309 e. The molecule has 0 aliphatic heterocycles. The highest BCUT2D eigenvalue weighted by Gasteiger charge is 2.31. The quantitative estimate of drug-likeness (QED) is 0.558. The van der Waals surface area contributed by atoms with Gasteiger partial charge in [0, 0.05) is 24.0 Å². The van der Waals surface area contributed by atoms with E-state index in [-0.39, 0.29) is 29.3 Å². The molecular formula is C19H15F6N3O. The molecule has 1 aromatic carbocycles. The molecule has 0 spiro atoms. The summed E-state index contributed by atoms with van der Waals surface area (Å²) in [5.74, 6) is -2.32. The fourth-order valence-electron chi connectivity index (χ4n) is 2.91. The molecule has 0 N–H and O–H groups in total. The van der Waals surface area contributed by atoms with E-state index in [1.165, 1.54) is 0 Å². The Hall–Kier alpha value is -2.91. The van der Waals surface area contributed by atoms with Gasteiger partial charge in [-0.05, 0) is 18.6 Å². The lowest BCUT2D eigenvalue weighted by atomic mass is 10.1. The van der Waals surface area contributed by atoms with Crippen molar-refractivity contribution in [3.8, 4) is 11.4 Å². The van der Waals surface area contributed by atoms with Gasteiger partial charge in [-0.3, -0.25) is 4.79 Å². The number of benzene rings is 1. The van der Waals surface area contributed by atoms with E-state index in [0.29, 0.717) is 18.8 Å². The molecule has 2 heterocycles. The molecule has 0 radical (unpaired) electrons. The summed E-state index contributed by atoms with van der Waals surface area (Å²) in [6.45, 7) is 1.39. The first-order valence-electron chi connectivity index (χ1n) is 8.67. The van der Waals surface area contributed by atoms with Crippen molar-refractivity contribution in [2.45, 2.75) is 38.7 Å². The fourth-order valence-corrected chi connectivity index (χ4v) is 2.91. The van der Waals surface area contributed by atoms with E-state index < -0.39 is 40.9 Å². The molecule has 0 aliphatic rings. The maximum absolute atomic E-state index is 14.5. The number of nitrogens with zero attached hydrogens (tertiary/aromatic N) is 3. The van der Waals surface area contributed by atoms with Crippen molar-refractivity contribution in [3.63, 3.8) is 0 Å². The molecule has 10 heteroatoms. The first-order chi connectivity index (χ1) is 13.6. The summed E-state index contributed by atoms with van der Waals surface area (Å²) >= 11 is 0. The van der Waals surface area contributed by atoms with Gasteiger partial charge >= 0.3 is 6.18 Å². The van der Waals surface area contributed by atoms with Gasteiger partial charge in [0.25, 0.3) is 5.56 Å². The Balaban J connectivity index is 2.08. The largest absolute Gasteiger partial charge is 0.419 e. The van der Waals surface area contributed by atoms with Crippen molar-refractivity contribution < 1.29 is 26.3 Å². The second kappa shape index (κ2) is 7.84. The van der Waals surface area contributed by atoms with Gasteiger partial charge in [-0.1, -0.05) is 13.3 Å². The number of halogens is 6. The Morgan fingerprint density at radius 2 is 1.72 bits per heavy atom. The zero-order valence-corrected chi connectivity index (χ0v) is 15.1. The highest BCUT2D eigenvalue weighted by Crippen LogP contribution is 2.30. The summed E-state index contributed by atoms with van der Waals surface area (Å²) in [7, 11) is 0. The Morgan fingerprint density at radius 1 is 1.07 bits per heavy atom. The average Bonchev–Trinajstić information content (AvgIpc) is 2.65. The number of aromatic nitrogens is 3. The number of hydrogen-bond donors (Lipinski definition) is 0. The third kappa shape index (κ3) is 4.25. The standard InChI is InChI=1S/C19H15F6N3O/c1-2-3-11(20)8-28-9-16(22)12-4-14(15(21)5-13(12)18(28)29)17-26-6-10(7-27-17)19(23,24)25/h4-7,9,11H,2-3,8H2,1H3. The maximum Gasteiger partial charge on any atom is 0.419 e. The molecule has 1 unspecified atom stereocenters. The van der Waals surface area contributed by atoms with E-state index in [1.54, 1.807) is 6.92 Å². The molecule has 0 fully saturated rings. The monoisotopic (exact) mass is 415 g/mol. The molecule has 4 nitrogen and oxygen atoms in total. The fraction of sp³-hybridized carbons (Fsp3) is 0.316. The zero-order chi connectivity index (χ0) is 21.3. The lowest BCUT2D eigenvalue weighted by Crippen LogP contribution is -2.25. The van der Waals surface area contributed by atoms with Gasteiger partial charge in [-0.25, -0.2) is 23.1 Å². The molecule has 2 aromatic heterocycles. The van der Waals surface area contributed by atoms with Crippen molar-refractivity contribution in [1.82, 2.24) is 14.5 Å². The minimum atomic E-state index is -4.66. The van der Waals surface area contributed by atoms with Crippen LogP contribution in [0.15, 0.2) is 35.5 Å². The molecule has 3 aromatic rings. The first-order valence-corrected chi connectivity index (χ1v) is 8.67. The Kier molecular flexibility index (Phi) is 5.63. The van der Waals surface area contributed by atoms with Crippen molar-refractivity contribution >= 4 is 10.8 Å². The molecule has 0 saturated heterocycles. The van der Waals surface area contributed by atoms with E-state index in [4.69, 9.17) is 0 Å². The first kappa shape index (κ1) is 20.8. The maximum atomic E-state index is 14.5. The predicted molar refractivity (Wildman–Crippen MR) is 94.0 cm³/mol. The molecule has 0 bridgehead atoms. The van der Waals surface area contributed by atoms with Crippen LogP contribution in [0.25, 0.3) is 22.2 Å². The van der Waals surface area contributed by atoms with E-state index in [0.717, 1.165) is 22.9 Å². The normalized spacial score (nSPS) is 13.1. The average molecular weight is 415 g/mol. The molecule has 29 heavy (non-hydrogen) atoms. The summed E-state index contributed by atoms with van der Waals surface area (Å²) in [5, 5.41) is -0.584. The van der Waals surface area contributed by atoms with Crippen LogP contribution >= 0.6 is 0 Å². The second-order valence-corrected chi connectivity index (χ2v) is 6.49. The Labute approximate surface area is 160 Å². The number of pyridine rings is 1. The SMILES string of the molecule is CCCC(F)Cn1cc(F)c2cc(-c3ncc(C(F)(F)F)cn3)c(F)cc2c1=O. The summed E-state index contributed by atoms with van der Waals surface area (Å²) in [4.78, 5) is 19.5. The van der Waals surface area contributed by atoms with Crippen LogP contribution in [-0.4, -0.2) is 20.7 Å². The third-order valence-electron chi connectivity index (χ3n) is 4.34. The van der Waals surface area contributed by atoms with E-state index >= 15 is 0 Å². The number of rotatable bonds is 5. The lowest BCUT2D eigenvalue weighted by molar-refractivity contribution is -0.138. The number of hydrogen-bond acceptors (Lipinski definition) is 3. The Morgan fingerprint density at radius 3 is 2.31 bits per heavy atom. The third-order valence-corrected chi connectivity index (χ3v) is 4.34. The highest BCUT2D eigenvalue weighted by molar-refractivity contribution is 5.86. The van der Waals surface area contributed by atoms with Crippen LogP contribution in [0, 0.1) is 11.6 Å². The molecule has 3 rings (SSSR count). The lowest BCUT2D eigenvalue weighted by Gasteiger charge is -2.12. The van der Waals surface area contributed by atoms with Gasteiger partial charge < -0.3 is 4.57 Å². The van der Waals surface area contributed by atoms with Gasteiger partial charge in [0.2, 0.25) is 0 Å². The summed E-state index contributed by atoms with van der Waals surface area (Å²) < 4.78 is 81.6. The van der Waals surface area contributed by atoms with Gasteiger partial charge in [0.15, 0.2) is 5.82 Å². The summed E-state index contributed by atoms with van der Waals surface area (Å²) in [5.41, 5.74) is -2.26. The summed E-state index contributed by atoms with van der Waals surface area (Å²) in [6, 6.07) is 1.70. The summed E-state index contributed by atoms with van der Waals surface area (Å²) in [6.07, 6.45) is -3.52. The van der Waals surface area contributed by atoms with Gasteiger partial charge in [0.1, 0.15) is 17.8 Å². The molecule has 0 amide bonds. The van der Waals surface area contributed by atoms with Crippen LogP contribution in [0.4, 0.5) is 26.3 Å². The van der Waals surface area contributed by atoms with Gasteiger partial charge in [-0.2, -0.15) is 13.2 Å². The van der Waals surface area contributed by atoms with E-state index in [9.17, 15) is 31.1 Å². The van der Waals surface area contributed by atoms with Crippen LogP contribution in [0.5, 0.6) is 0 Å². The van der Waals surface area contributed by atoms with Crippen LogP contribution in [0.1, 0.15) is 25.3 Å². The van der Waals surface area contributed by atoms with Gasteiger partial charge in [0.05, 0.1) is 23.1 Å². The molecular weight excluding hydrogens is 400 g/mol. The zero-order valence-electron chi connectivity index (χ0n) is 15.1. The minimum absolute atomic E-state index is 0.185. The highest BCUT2D eigenvalue weighted by atomic mass is 19.4. The second-order valence-electron chi connectivity index (χ2n) is 6.49. The van der Waals surface area contributed by atoms with Gasteiger partial charge in [-0.15, -0.1) is 0 Å². The van der Waals surface area contributed by atoms with Crippen LogP contribution in [0.3, 0.4) is 0 Å². The van der Waals surface area contributed by atoms with E-state index in [2.05, 4.69) is 9.97 Å². The van der Waals surface area contributed by atoms with Crippen LogP contribution in [0.2, 0.25) is 0 Å². The van der Waals surface area contributed by atoms with Crippen molar-refractivity contribution in [3.05, 3.63) is 58.3 Å². The van der Waals surface area contributed by atoms with Crippen molar-refractivity contribution in [2.24, 2.45) is 0 Å². The van der Waals surface area contributed by atoms with Crippen LogP contribution < -0.4 is 5.56 Å². The van der Waals surface area contributed by atoms with Crippen molar-refractivity contribution in [2.75, 3.05) is 0 Å².